The Bertz CT molecular complexity index is 728. The molecule has 2 N–H and O–H groups in total. The first-order valence-electron chi connectivity index (χ1n) is 6.88. The molecule has 0 heterocycles. The number of nitrogens with one attached hydrogen (secondary N) is 1. The number of halogens is 2. The van der Waals surface area contributed by atoms with Crippen LogP contribution in [0.5, 0.6) is 0 Å². The maximum absolute atomic E-state index is 13.3. The van der Waals surface area contributed by atoms with E-state index in [1.807, 2.05) is 0 Å². The van der Waals surface area contributed by atoms with E-state index in [1.54, 1.807) is 0 Å². The summed E-state index contributed by atoms with van der Waals surface area (Å²) in [4.78, 5) is 10.6. The summed E-state index contributed by atoms with van der Waals surface area (Å²) in [6.45, 7) is 0. The van der Waals surface area contributed by atoms with Crippen molar-refractivity contribution in [2.75, 3.05) is 0 Å². The normalized spacial score (nSPS) is 24.7. The van der Waals surface area contributed by atoms with Crippen LogP contribution in [-0.4, -0.2) is 31.0 Å². The minimum atomic E-state index is -4.03. The molecule has 2 fully saturated rings. The van der Waals surface area contributed by atoms with Gasteiger partial charge in [0.15, 0.2) is 0 Å². The zero-order valence-electron chi connectivity index (χ0n) is 11.6. The van der Waals surface area contributed by atoms with Gasteiger partial charge in [0.05, 0.1) is 17.2 Å². The molecule has 2 saturated carbocycles. The minimum Gasteiger partial charge on any atom is -0.481 e. The van der Waals surface area contributed by atoms with Gasteiger partial charge < -0.3 is 5.11 Å². The molecule has 0 saturated heterocycles. The Balaban J connectivity index is 1.89. The lowest BCUT2D eigenvalue weighted by Crippen LogP contribution is -2.38. The van der Waals surface area contributed by atoms with Crippen LogP contribution in [0.2, 0.25) is 0 Å². The van der Waals surface area contributed by atoms with Crippen LogP contribution < -0.4 is 4.72 Å². The van der Waals surface area contributed by atoms with Gasteiger partial charge in [0.25, 0.3) is 5.92 Å². The number of hydrogen-bond acceptors (Lipinski definition) is 3. The SMILES string of the molecule is O=C(O)CC1(NS(=O)(=O)c2ccccc2C2CC2(F)F)CC1. The van der Waals surface area contributed by atoms with Gasteiger partial charge in [-0.25, -0.2) is 21.9 Å². The second-order valence-electron chi connectivity index (χ2n) is 6.01. The van der Waals surface area contributed by atoms with Crippen molar-refractivity contribution in [2.24, 2.45) is 0 Å². The van der Waals surface area contributed by atoms with Gasteiger partial charge in [-0.3, -0.25) is 4.79 Å². The van der Waals surface area contributed by atoms with Crippen LogP contribution in [0.15, 0.2) is 29.2 Å². The van der Waals surface area contributed by atoms with Crippen molar-refractivity contribution >= 4 is 16.0 Å². The van der Waals surface area contributed by atoms with Crippen LogP contribution in [0.4, 0.5) is 8.78 Å². The second kappa shape index (κ2) is 4.73. The quantitative estimate of drug-likeness (QED) is 0.836. The summed E-state index contributed by atoms with van der Waals surface area (Å²) >= 11 is 0. The number of benzene rings is 1. The van der Waals surface area contributed by atoms with Gasteiger partial charge in [-0.1, -0.05) is 18.2 Å². The molecule has 2 aliphatic carbocycles. The largest absolute Gasteiger partial charge is 0.481 e. The molecule has 8 heteroatoms. The first-order chi connectivity index (χ1) is 10.2. The van der Waals surface area contributed by atoms with E-state index >= 15 is 0 Å². The predicted molar refractivity (Wildman–Crippen MR) is 73.3 cm³/mol. The molecule has 1 aromatic rings. The molecule has 0 bridgehead atoms. The van der Waals surface area contributed by atoms with Crippen molar-refractivity contribution in [1.29, 1.82) is 0 Å². The zero-order valence-corrected chi connectivity index (χ0v) is 12.4. The Morgan fingerprint density at radius 1 is 1.32 bits per heavy atom. The summed E-state index contributed by atoms with van der Waals surface area (Å²) < 4.78 is 53.9. The van der Waals surface area contributed by atoms with E-state index in [4.69, 9.17) is 5.11 Å². The van der Waals surface area contributed by atoms with Crippen LogP contribution in [0.1, 0.15) is 37.2 Å². The fourth-order valence-electron chi connectivity index (χ4n) is 2.66. The summed E-state index contributed by atoms with van der Waals surface area (Å²) in [6, 6.07) is 5.65. The molecule has 1 atom stereocenters. The molecular formula is C14H15F2NO4S. The van der Waals surface area contributed by atoms with Gasteiger partial charge in [0, 0.05) is 12.0 Å². The van der Waals surface area contributed by atoms with Crippen LogP contribution in [-0.2, 0) is 14.8 Å². The smallest absolute Gasteiger partial charge is 0.305 e. The number of alkyl halides is 2. The van der Waals surface area contributed by atoms with E-state index in [2.05, 4.69) is 4.72 Å². The highest BCUT2D eigenvalue weighted by atomic mass is 32.2. The summed E-state index contributed by atoms with van der Waals surface area (Å²) in [5, 5.41) is 8.84. The first kappa shape index (κ1) is 15.4. The molecule has 5 nitrogen and oxygen atoms in total. The lowest BCUT2D eigenvalue weighted by Gasteiger charge is -2.17. The summed E-state index contributed by atoms with van der Waals surface area (Å²) in [7, 11) is -4.03. The molecule has 1 aromatic carbocycles. The van der Waals surface area contributed by atoms with Crippen molar-refractivity contribution in [3.63, 3.8) is 0 Å². The molecule has 0 spiro atoms. The van der Waals surface area contributed by atoms with Gasteiger partial charge >= 0.3 is 5.97 Å². The Labute approximate surface area is 126 Å². The molecule has 2 aliphatic rings. The summed E-state index contributed by atoms with van der Waals surface area (Å²) in [5.74, 6) is -5.05. The molecule has 3 rings (SSSR count). The van der Waals surface area contributed by atoms with Gasteiger partial charge in [-0.15, -0.1) is 0 Å². The topological polar surface area (TPSA) is 83.5 Å². The van der Waals surface area contributed by atoms with Crippen LogP contribution in [0, 0.1) is 0 Å². The van der Waals surface area contributed by atoms with E-state index in [0.29, 0.717) is 12.8 Å². The fourth-order valence-corrected chi connectivity index (χ4v) is 4.39. The molecule has 22 heavy (non-hydrogen) atoms. The lowest BCUT2D eigenvalue weighted by molar-refractivity contribution is -0.137. The van der Waals surface area contributed by atoms with Crippen molar-refractivity contribution in [3.8, 4) is 0 Å². The minimum absolute atomic E-state index is 0.0890. The third kappa shape index (κ3) is 2.85. The van der Waals surface area contributed by atoms with Crippen molar-refractivity contribution < 1.29 is 27.1 Å². The number of carbonyl (C=O) groups is 1. The highest BCUT2D eigenvalue weighted by Crippen LogP contribution is 2.57. The molecule has 120 valence electrons. The Morgan fingerprint density at radius 2 is 1.91 bits per heavy atom. The maximum Gasteiger partial charge on any atom is 0.305 e. The average molecular weight is 331 g/mol. The van der Waals surface area contributed by atoms with Crippen LogP contribution in [0.25, 0.3) is 0 Å². The van der Waals surface area contributed by atoms with Gasteiger partial charge in [-0.05, 0) is 24.5 Å². The molecule has 0 aromatic heterocycles. The molecule has 0 radical (unpaired) electrons. The third-order valence-corrected chi connectivity index (χ3v) is 5.76. The highest BCUT2D eigenvalue weighted by Gasteiger charge is 2.59. The molecular weight excluding hydrogens is 316 g/mol. The van der Waals surface area contributed by atoms with Crippen molar-refractivity contribution in [1.82, 2.24) is 4.72 Å². The summed E-state index contributed by atoms with van der Waals surface area (Å²) in [6.07, 6.45) is 0.189. The first-order valence-corrected chi connectivity index (χ1v) is 8.36. The Kier molecular flexibility index (Phi) is 3.30. The molecule has 0 aliphatic heterocycles. The van der Waals surface area contributed by atoms with E-state index < -0.39 is 33.4 Å². The van der Waals surface area contributed by atoms with Crippen LogP contribution in [0.3, 0.4) is 0 Å². The molecule has 0 amide bonds. The maximum atomic E-state index is 13.3. The molecule has 1 unspecified atom stereocenters. The average Bonchev–Trinajstić information content (AvgIpc) is 3.27. The van der Waals surface area contributed by atoms with E-state index in [9.17, 15) is 22.0 Å². The number of sulfonamides is 1. The van der Waals surface area contributed by atoms with E-state index in [0.717, 1.165) is 0 Å². The van der Waals surface area contributed by atoms with Gasteiger partial charge in [-0.2, -0.15) is 0 Å². The highest BCUT2D eigenvalue weighted by molar-refractivity contribution is 7.89. The van der Waals surface area contributed by atoms with Crippen molar-refractivity contribution in [3.05, 3.63) is 29.8 Å². The fraction of sp³-hybridized carbons (Fsp3) is 0.500. The lowest BCUT2D eigenvalue weighted by atomic mass is 10.1. The van der Waals surface area contributed by atoms with E-state index in [-0.39, 0.29) is 23.3 Å². The van der Waals surface area contributed by atoms with Gasteiger partial charge in [0.2, 0.25) is 10.0 Å². The van der Waals surface area contributed by atoms with Gasteiger partial charge in [0.1, 0.15) is 0 Å². The third-order valence-electron chi connectivity index (χ3n) is 4.10. The standard InChI is InChI=1S/C14H15F2NO4S/c15-14(16)7-10(14)9-3-1-2-4-11(9)22(20,21)17-13(5-6-13)8-12(18)19/h1-4,10,17H,5-8H2,(H,18,19). The zero-order chi connectivity index (χ0) is 16.2. The monoisotopic (exact) mass is 331 g/mol. The second-order valence-corrected chi connectivity index (χ2v) is 7.66. The van der Waals surface area contributed by atoms with E-state index in [1.165, 1.54) is 24.3 Å². The number of rotatable bonds is 6. The summed E-state index contributed by atoms with van der Waals surface area (Å²) in [5.41, 5.74) is -0.893. The van der Waals surface area contributed by atoms with Crippen molar-refractivity contribution in [2.45, 2.75) is 48.0 Å². The number of hydrogen-bond donors (Lipinski definition) is 2. The Morgan fingerprint density at radius 3 is 2.41 bits per heavy atom. The number of carboxylic acid groups (broad SMARTS) is 1. The number of carboxylic acids is 1. The predicted octanol–water partition coefficient (Wildman–Crippen LogP) is 2.09. The van der Waals surface area contributed by atoms with Crippen LogP contribution >= 0.6 is 0 Å². The number of aliphatic carboxylic acids is 1. The Hall–Kier alpha value is -1.54.